The van der Waals surface area contributed by atoms with E-state index in [1.54, 1.807) is 18.2 Å². The van der Waals surface area contributed by atoms with Crippen LogP contribution >= 0.6 is 23.2 Å². The first-order valence-electron chi connectivity index (χ1n) is 12.9. The van der Waals surface area contributed by atoms with Crippen LogP contribution in [0.15, 0.2) is 84.0 Å². The van der Waals surface area contributed by atoms with E-state index in [2.05, 4.69) is 20.6 Å². The molecule has 2 aromatic heterocycles. The van der Waals surface area contributed by atoms with E-state index < -0.39 is 23.2 Å². The summed E-state index contributed by atoms with van der Waals surface area (Å²) >= 11 is 12.2. The number of nitrogens with zero attached hydrogens (tertiary/aromatic N) is 5. The molecule has 0 bridgehead atoms. The normalized spacial score (nSPS) is 13.1. The number of hydrogen-bond donors (Lipinski definition) is 1. The third kappa shape index (κ3) is 5.46. The van der Waals surface area contributed by atoms with E-state index in [0.29, 0.717) is 33.1 Å². The van der Waals surface area contributed by atoms with Gasteiger partial charge in [-0.1, -0.05) is 58.7 Å². The minimum Gasteiger partial charge on any atom is -0.348 e. The van der Waals surface area contributed by atoms with Crippen molar-refractivity contribution in [2.24, 2.45) is 0 Å². The minimum atomic E-state index is -0.990. The van der Waals surface area contributed by atoms with Crippen LogP contribution in [0.1, 0.15) is 33.1 Å². The molecular formula is C30H21Cl2FN6O3. The molecule has 1 aliphatic rings. The second-order valence-corrected chi connectivity index (χ2v) is 10.6. The van der Waals surface area contributed by atoms with Crippen LogP contribution in [0.3, 0.4) is 0 Å². The van der Waals surface area contributed by atoms with Crippen LogP contribution in [0.2, 0.25) is 10.2 Å². The maximum atomic E-state index is 15.0. The largest absolute Gasteiger partial charge is 0.348 e. The van der Waals surface area contributed by atoms with Crippen molar-refractivity contribution in [1.29, 1.82) is 0 Å². The second kappa shape index (κ2) is 11.3. The van der Waals surface area contributed by atoms with Gasteiger partial charge in [-0.25, -0.2) is 14.1 Å². The summed E-state index contributed by atoms with van der Waals surface area (Å²) in [5, 5.41) is 11.0. The molecule has 0 aliphatic carbocycles. The Hall–Kier alpha value is -4.67. The first-order valence-corrected chi connectivity index (χ1v) is 13.6. The fourth-order valence-electron chi connectivity index (χ4n) is 5.00. The average Bonchev–Trinajstić information content (AvgIpc) is 3.57. The van der Waals surface area contributed by atoms with E-state index in [1.165, 1.54) is 40.0 Å². The molecule has 1 aliphatic heterocycles. The molecule has 1 amide bonds. The van der Waals surface area contributed by atoms with Crippen LogP contribution in [-0.4, -0.2) is 36.2 Å². The zero-order valence-electron chi connectivity index (χ0n) is 21.8. The number of rotatable bonds is 8. The van der Waals surface area contributed by atoms with E-state index in [-0.39, 0.29) is 36.0 Å². The lowest BCUT2D eigenvalue weighted by atomic mass is 9.95. The minimum absolute atomic E-state index is 0.0848. The number of ketones is 1. The maximum absolute atomic E-state index is 15.0. The summed E-state index contributed by atoms with van der Waals surface area (Å²) in [5.41, 5.74) is 2.61. The average molecular weight is 603 g/mol. The van der Waals surface area contributed by atoms with Gasteiger partial charge in [-0.15, -0.1) is 5.10 Å². The van der Waals surface area contributed by atoms with Gasteiger partial charge in [0, 0.05) is 41.6 Å². The Balaban J connectivity index is 1.38. The fourth-order valence-corrected chi connectivity index (χ4v) is 5.30. The molecule has 5 aromatic rings. The topological polar surface area (TPSA) is 112 Å². The number of Topliss-reactive ketones (excluding diaryl/α,β-unsaturated/α-hetero) is 1. The molecule has 6 rings (SSSR count). The number of fused-ring (bicyclic) bond motifs is 1. The van der Waals surface area contributed by atoms with Gasteiger partial charge >= 0.3 is 0 Å². The smallest absolute Gasteiger partial charge is 0.254 e. The van der Waals surface area contributed by atoms with Crippen LogP contribution in [-0.2, 0) is 24.2 Å². The van der Waals surface area contributed by atoms with Crippen molar-refractivity contribution in [2.75, 3.05) is 0 Å². The lowest BCUT2D eigenvalue weighted by Crippen LogP contribution is -2.32. The molecule has 0 unspecified atom stereocenters. The van der Waals surface area contributed by atoms with Crippen LogP contribution in [0.25, 0.3) is 16.9 Å². The molecule has 3 aromatic carbocycles. The summed E-state index contributed by atoms with van der Waals surface area (Å²) in [7, 11) is 0. The molecule has 3 heterocycles. The Bertz CT molecular complexity index is 1910. The van der Waals surface area contributed by atoms with Gasteiger partial charge in [0.05, 0.1) is 23.9 Å². The number of aromatic nitrogens is 5. The highest BCUT2D eigenvalue weighted by atomic mass is 35.5. The molecule has 1 atom stereocenters. The van der Waals surface area contributed by atoms with Crippen molar-refractivity contribution in [2.45, 2.75) is 25.4 Å². The number of amides is 1. The summed E-state index contributed by atoms with van der Waals surface area (Å²) in [6.45, 7) is 0.238. The van der Waals surface area contributed by atoms with E-state index in [9.17, 15) is 18.8 Å². The van der Waals surface area contributed by atoms with Crippen molar-refractivity contribution in [3.8, 4) is 16.9 Å². The van der Waals surface area contributed by atoms with Crippen LogP contribution < -0.4 is 10.9 Å². The number of nitrogens with one attached hydrogen (secondary N) is 1. The van der Waals surface area contributed by atoms with Crippen molar-refractivity contribution in [1.82, 2.24) is 29.9 Å². The molecule has 0 radical (unpaired) electrons. The Morgan fingerprint density at radius 3 is 2.57 bits per heavy atom. The molecule has 0 fully saturated rings. The van der Waals surface area contributed by atoms with E-state index in [0.717, 1.165) is 5.56 Å². The molecule has 210 valence electrons. The lowest BCUT2D eigenvalue weighted by molar-refractivity contribution is -0.121. The molecular weight excluding hydrogens is 582 g/mol. The highest BCUT2D eigenvalue weighted by Crippen LogP contribution is 2.29. The number of carbonyl (C=O) groups is 2. The highest BCUT2D eigenvalue weighted by Gasteiger charge is 2.27. The molecule has 42 heavy (non-hydrogen) atoms. The standard InChI is InChI=1S/C30H21Cl2FN6O3/c31-20-6-7-25(39-15-28(32)36-37-39)22(12-20)24-13-29(41)38(16-35-24)26(8-17-4-2-1-3-5-17)27(40)11-18-9-21-19(10-23(18)33)14-34-30(21)42/h1-7,9-10,12-13,15-16,26H,8,11,14H2,(H,34,42)/t26-/m0/s1. The predicted molar refractivity (Wildman–Crippen MR) is 154 cm³/mol. The Morgan fingerprint density at radius 1 is 1.02 bits per heavy atom. The molecule has 12 heteroatoms. The van der Waals surface area contributed by atoms with Gasteiger partial charge in [-0.3, -0.25) is 19.0 Å². The third-order valence-corrected chi connectivity index (χ3v) is 7.49. The van der Waals surface area contributed by atoms with Crippen molar-refractivity contribution < 1.29 is 14.0 Å². The Morgan fingerprint density at radius 2 is 1.83 bits per heavy atom. The van der Waals surface area contributed by atoms with E-state index >= 15 is 0 Å². The Kier molecular flexibility index (Phi) is 7.40. The van der Waals surface area contributed by atoms with E-state index in [4.69, 9.17) is 23.2 Å². The van der Waals surface area contributed by atoms with Crippen LogP contribution in [0.4, 0.5) is 4.39 Å². The van der Waals surface area contributed by atoms with Gasteiger partial charge in [-0.05, 0) is 47.0 Å². The summed E-state index contributed by atoms with van der Waals surface area (Å²) < 4.78 is 17.6. The number of halogens is 3. The van der Waals surface area contributed by atoms with Gasteiger partial charge in [0.25, 0.3) is 11.5 Å². The monoisotopic (exact) mass is 602 g/mol. The molecule has 0 saturated heterocycles. The predicted octanol–water partition coefficient (Wildman–Crippen LogP) is 4.78. The summed E-state index contributed by atoms with van der Waals surface area (Å²) in [4.78, 5) is 43.9. The highest BCUT2D eigenvalue weighted by molar-refractivity contribution is 6.31. The van der Waals surface area contributed by atoms with E-state index in [1.807, 2.05) is 30.3 Å². The zero-order valence-corrected chi connectivity index (χ0v) is 23.3. The van der Waals surface area contributed by atoms with Gasteiger partial charge < -0.3 is 5.32 Å². The van der Waals surface area contributed by atoms with Gasteiger partial charge in [0.15, 0.2) is 10.9 Å². The maximum Gasteiger partial charge on any atom is 0.254 e. The van der Waals surface area contributed by atoms with Crippen molar-refractivity contribution >= 4 is 34.9 Å². The van der Waals surface area contributed by atoms with Gasteiger partial charge in [-0.2, -0.15) is 0 Å². The number of benzene rings is 3. The van der Waals surface area contributed by atoms with Crippen molar-refractivity contribution in [3.05, 3.63) is 128 Å². The molecule has 0 spiro atoms. The first-order chi connectivity index (χ1) is 20.3. The van der Waals surface area contributed by atoms with Gasteiger partial charge in [0.1, 0.15) is 11.9 Å². The van der Waals surface area contributed by atoms with Gasteiger partial charge in [0.2, 0.25) is 0 Å². The first kappa shape index (κ1) is 27.5. The second-order valence-electron chi connectivity index (χ2n) is 9.80. The van der Waals surface area contributed by atoms with Crippen LogP contribution in [0.5, 0.6) is 0 Å². The molecule has 0 saturated carbocycles. The fraction of sp³-hybridized carbons (Fsp3) is 0.133. The summed E-state index contributed by atoms with van der Waals surface area (Å²) in [6, 6.07) is 17.2. The third-order valence-electron chi connectivity index (χ3n) is 7.08. The SMILES string of the molecule is O=C1NCc2cc(F)c(CC(=O)[C@H](Cc3ccccc3)n3cnc(-c4cc(Cl)ccc4-n4cc(Cl)nn4)cc3=O)cc21. The number of hydrogen-bond acceptors (Lipinski definition) is 6. The Labute approximate surface area is 248 Å². The molecule has 9 nitrogen and oxygen atoms in total. The summed E-state index contributed by atoms with van der Waals surface area (Å²) in [5.74, 6) is -1.31. The number of carbonyl (C=O) groups excluding carboxylic acids is 2. The van der Waals surface area contributed by atoms with Crippen LogP contribution in [0, 0.1) is 5.82 Å². The van der Waals surface area contributed by atoms with Crippen molar-refractivity contribution in [3.63, 3.8) is 0 Å². The lowest BCUT2D eigenvalue weighted by Gasteiger charge is -2.20. The molecule has 1 N–H and O–H groups in total. The zero-order chi connectivity index (χ0) is 29.4. The quantitative estimate of drug-likeness (QED) is 0.274. The summed E-state index contributed by atoms with van der Waals surface area (Å²) in [6.07, 6.45) is 2.66.